The van der Waals surface area contributed by atoms with Crippen LogP contribution in [0.3, 0.4) is 0 Å². The molecule has 0 spiro atoms. The Kier molecular flexibility index (Phi) is 4.34. The Morgan fingerprint density at radius 2 is 1.93 bits per heavy atom. The van der Waals surface area contributed by atoms with Crippen molar-refractivity contribution in [3.8, 4) is 0 Å². The topological polar surface area (TPSA) is 37.4 Å². The fraction of sp³-hybridized carbons (Fsp3) is 0.818. The van der Waals surface area contributed by atoms with Gasteiger partial charge in [-0.25, -0.2) is 8.42 Å². The highest BCUT2D eigenvalue weighted by atomic mass is 32.2. The third-order valence-electron chi connectivity index (χ3n) is 2.95. The Morgan fingerprint density at radius 1 is 1.40 bits per heavy atom. The molecule has 4 heteroatoms. The average molecular weight is 231 g/mol. The van der Waals surface area contributed by atoms with Gasteiger partial charge in [0.2, 0.25) is 10.0 Å². The van der Waals surface area contributed by atoms with Crippen molar-refractivity contribution < 1.29 is 8.42 Å². The lowest BCUT2D eigenvalue weighted by molar-refractivity contribution is 0.247. The first-order valence-electron chi connectivity index (χ1n) is 5.58. The van der Waals surface area contributed by atoms with Crippen LogP contribution in [0.15, 0.2) is 12.0 Å². The minimum absolute atomic E-state index is 0.658. The van der Waals surface area contributed by atoms with E-state index in [0.717, 1.165) is 18.2 Å². The van der Waals surface area contributed by atoms with Crippen LogP contribution in [0.4, 0.5) is 0 Å². The van der Waals surface area contributed by atoms with Gasteiger partial charge in [0.05, 0.1) is 0 Å². The summed E-state index contributed by atoms with van der Waals surface area (Å²) < 4.78 is 24.5. The second-order valence-electron chi connectivity index (χ2n) is 4.68. The van der Waals surface area contributed by atoms with Crippen LogP contribution in [0, 0.1) is 11.8 Å². The highest BCUT2D eigenvalue weighted by Crippen LogP contribution is 2.25. The van der Waals surface area contributed by atoms with Crippen LogP contribution in [-0.2, 0) is 10.0 Å². The van der Waals surface area contributed by atoms with Gasteiger partial charge in [-0.1, -0.05) is 20.4 Å². The van der Waals surface area contributed by atoms with Crippen molar-refractivity contribution in [3.05, 3.63) is 12.0 Å². The molecule has 0 aliphatic carbocycles. The van der Waals surface area contributed by atoms with Crippen molar-refractivity contribution in [2.24, 2.45) is 11.8 Å². The summed E-state index contributed by atoms with van der Waals surface area (Å²) in [4.78, 5) is 0. The number of rotatable bonds is 4. The quantitative estimate of drug-likeness (QED) is 0.744. The lowest BCUT2D eigenvalue weighted by Crippen LogP contribution is -2.37. The Bertz CT molecular complexity index is 301. The summed E-state index contributed by atoms with van der Waals surface area (Å²) in [6, 6.07) is 0. The van der Waals surface area contributed by atoms with Gasteiger partial charge in [0.1, 0.15) is 0 Å². The number of nitrogens with zero attached hydrogens (tertiary/aromatic N) is 1. The third-order valence-corrected chi connectivity index (χ3v) is 4.45. The van der Waals surface area contributed by atoms with E-state index in [1.165, 1.54) is 10.7 Å². The van der Waals surface area contributed by atoms with E-state index in [2.05, 4.69) is 20.4 Å². The molecule has 3 nitrogen and oxygen atoms in total. The fourth-order valence-electron chi connectivity index (χ4n) is 2.17. The van der Waals surface area contributed by atoms with Crippen molar-refractivity contribution >= 4 is 10.0 Å². The zero-order chi connectivity index (χ0) is 11.5. The molecular weight excluding hydrogens is 210 g/mol. The standard InChI is InChI=1S/C11H21NO2S/c1-4-15(13,14)12-7-5-11(6-8-12)9-10(2)3/h4,10-11H,1,5-9H2,2-3H3. The molecule has 0 aromatic rings. The maximum absolute atomic E-state index is 11.5. The summed E-state index contributed by atoms with van der Waals surface area (Å²) in [7, 11) is -3.18. The van der Waals surface area contributed by atoms with Gasteiger partial charge >= 0.3 is 0 Å². The molecule has 1 aliphatic heterocycles. The van der Waals surface area contributed by atoms with Gasteiger partial charge in [-0.15, -0.1) is 0 Å². The van der Waals surface area contributed by atoms with E-state index in [0.29, 0.717) is 24.9 Å². The molecule has 0 saturated carbocycles. The van der Waals surface area contributed by atoms with E-state index >= 15 is 0 Å². The van der Waals surface area contributed by atoms with Crippen molar-refractivity contribution in [1.82, 2.24) is 4.31 Å². The third kappa shape index (κ3) is 3.61. The number of sulfonamides is 1. The lowest BCUT2D eigenvalue weighted by atomic mass is 9.89. The highest BCUT2D eigenvalue weighted by Gasteiger charge is 2.25. The molecule has 0 amide bonds. The molecule has 0 N–H and O–H groups in total. The van der Waals surface area contributed by atoms with Crippen molar-refractivity contribution in [2.45, 2.75) is 33.1 Å². The minimum Gasteiger partial charge on any atom is -0.208 e. The molecular formula is C11H21NO2S. The van der Waals surface area contributed by atoms with E-state index < -0.39 is 10.0 Å². The van der Waals surface area contributed by atoms with Crippen LogP contribution in [0.25, 0.3) is 0 Å². The summed E-state index contributed by atoms with van der Waals surface area (Å²) >= 11 is 0. The summed E-state index contributed by atoms with van der Waals surface area (Å²) in [6.45, 7) is 9.09. The molecule has 1 fully saturated rings. The maximum Gasteiger partial charge on any atom is 0.235 e. The predicted octanol–water partition coefficient (Wildman–Crippen LogP) is 2.22. The molecule has 0 aromatic carbocycles. The largest absolute Gasteiger partial charge is 0.235 e. The van der Waals surface area contributed by atoms with Gasteiger partial charge in [0.15, 0.2) is 0 Å². The molecule has 0 aromatic heterocycles. The second-order valence-corrected chi connectivity index (χ2v) is 6.56. The molecule has 1 heterocycles. The SMILES string of the molecule is C=CS(=O)(=O)N1CCC(CC(C)C)CC1. The first-order valence-corrected chi connectivity index (χ1v) is 7.08. The minimum atomic E-state index is -3.18. The molecule has 1 rings (SSSR count). The monoisotopic (exact) mass is 231 g/mol. The first-order chi connectivity index (χ1) is 6.95. The van der Waals surface area contributed by atoms with E-state index in [9.17, 15) is 8.42 Å². The molecule has 0 bridgehead atoms. The lowest BCUT2D eigenvalue weighted by Gasteiger charge is -2.31. The van der Waals surface area contributed by atoms with Crippen LogP contribution in [0.2, 0.25) is 0 Å². The molecule has 0 unspecified atom stereocenters. The summed E-state index contributed by atoms with van der Waals surface area (Å²) in [5, 5.41) is 1.05. The average Bonchev–Trinajstić information content (AvgIpc) is 2.18. The predicted molar refractivity (Wildman–Crippen MR) is 62.9 cm³/mol. The van der Waals surface area contributed by atoms with E-state index in [4.69, 9.17) is 0 Å². The Hall–Kier alpha value is -0.350. The van der Waals surface area contributed by atoms with Gasteiger partial charge in [0.25, 0.3) is 0 Å². The molecule has 1 aliphatic rings. The van der Waals surface area contributed by atoms with E-state index in [1.807, 2.05) is 0 Å². The number of piperidine rings is 1. The smallest absolute Gasteiger partial charge is 0.208 e. The Morgan fingerprint density at radius 3 is 2.33 bits per heavy atom. The van der Waals surface area contributed by atoms with Crippen LogP contribution in [0.1, 0.15) is 33.1 Å². The zero-order valence-corrected chi connectivity index (χ0v) is 10.5. The molecule has 0 atom stereocenters. The highest BCUT2D eigenvalue weighted by molar-refractivity contribution is 7.92. The summed E-state index contributed by atoms with van der Waals surface area (Å²) in [5.74, 6) is 1.40. The van der Waals surface area contributed by atoms with Crippen molar-refractivity contribution in [1.29, 1.82) is 0 Å². The van der Waals surface area contributed by atoms with Crippen LogP contribution >= 0.6 is 0 Å². The van der Waals surface area contributed by atoms with Gasteiger partial charge in [-0.2, -0.15) is 4.31 Å². The molecule has 88 valence electrons. The Labute approximate surface area is 93.2 Å². The molecule has 15 heavy (non-hydrogen) atoms. The van der Waals surface area contributed by atoms with Gasteiger partial charge in [-0.05, 0) is 31.1 Å². The molecule has 1 saturated heterocycles. The van der Waals surface area contributed by atoms with Gasteiger partial charge < -0.3 is 0 Å². The van der Waals surface area contributed by atoms with Crippen LogP contribution in [0.5, 0.6) is 0 Å². The fourth-order valence-corrected chi connectivity index (χ4v) is 3.10. The van der Waals surface area contributed by atoms with Crippen LogP contribution in [-0.4, -0.2) is 25.8 Å². The van der Waals surface area contributed by atoms with Gasteiger partial charge in [-0.3, -0.25) is 0 Å². The Balaban J connectivity index is 2.46. The second kappa shape index (κ2) is 5.12. The van der Waals surface area contributed by atoms with E-state index in [1.54, 1.807) is 0 Å². The zero-order valence-electron chi connectivity index (χ0n) is 9.65. The summed E-state index contributed by atoms with van der Waals surface area (Å²) in [5.41, 5.74) is 0. The normalized spacial score (nSPS) is 20.7. The van der Waals surface area contributed by atoms with Crippen LogP contribution < -0.4 is 0 Å². The number of hydrogen-bond acceptors (Lipinski definition) is 2. The van der Waals surface area contributed by atoms with Crippen molar-refractivity contribution in [2.75, 3.05) is 13.1 Å². The number of hydrogen-bond donors (Lipinski definition) is 0. The first kappa shape index (κ1) is 12.7. The van der Waals surface area contributed by atoms with E-state index in [-0.39, 0.29) is 0 Å². The van der Waals surface area contributed by atoms with Gasteiger partial charge in [0, 0.05) is 18.5 Å². The summed E-state index contributed by atoms with van der Waals surface area (Å²) in [6.07, 6.45) is 3.19. The maximum atomic E-state index is 11.5. The van der Waals surface area contributed by atoms with Crippen molar-refractivity contribution in [3.63, 3.8) is 0 Å². The molecule has 0 radical (unpaired) electrons.